The highest BCUT2D eigenvalue weighted by Gasteiger charge is 2.11. The molecule has 5 rings (SSSR count). The Balaban J connectivity index is 1.22. The molecule has 8 heteroatoms. The molecule has 0 radical (unpaired) electrons. The fraction of sp³-hybridized carbons (Fsp3) is 0.321. The van der Waals surface area contributed by atoms with Gasteiger partial charge in [-0.05, 0) is 61.8 Å². The number of hydrogen-bond donors (Lipinski definition) is 1. The molecule has 0 aliphatic carbocycles. The van der Waals surface area contributed by atoms with Crippen molar-refractivity contribution < 1.29 is 14.3 Å². The molecule has 0 bridgehead atoms. The Kier molecular flexibility index (Phi) is 7.73. The molecule has 1 saturated heterocycles. The smallest absolute Gasteiger partial charge is 0.269 e. The van der Waals surface area contributed by atoms with Gasteiger partial charge in [-0.2, -0.15) is 0 Å². The van der Waals surface area contributed by atoms with Crippen LogP contribution in [0.1, 0.15) is 40.3 Å². The molecule has 7 nitrogen and oxygen atoms in total. The molecule has 0 unspecified atom stereocenters. The zero-order valence-electron chi connectivity index (χ0n) is 20.4. The number of rotatable bonds is 9. The third kappa shape index (κ3) is 6.19. The molecule has 4 aromatic rings. The number of fused-ring (bicyclic) bond motifs is 1. The van der Waals surface area contributed by atoms with E-state index in [0.717, 1.165) is 40.5 Å². The van der Waals surface area contributed by atoms with Crippen molar-refractivity contribution in [2.75, 3.05) is 33.3 Å². The van der Waals surface area contributed by atoms with Crippen LogP contribution >= 0.6 is 11.3 Å². The zero-order chi connectivity index (χ0) is 24.7. The van der Waals surface area contributed by atoms with E-state index >= 15 is 0 Å². The van der Waals surface area contributed by atoms with E-state index in [1.54, 1.807) is 36.7 Å². The maximum Gasteiger partial charge on any atom is 0.269 e. The van der Waals surface area contributed by atoms with Crippen molar-refractivity contribution in [2.24, 2.45) is 0 Å². The molecule has 1 amide bonds. The first kappa shape index (κ1) is 24.2. The van der Waals surface area contributed by atoms with Crippen molar-refractivity contribution >= 4 is 27.5 Å². The van der Waals surface area contributed by atoms with E-state index in [0.29, 0.717) is 17.2 Å². The van der Waals surface area contributed by atoms with E-state index in [1.165, 1.54) is 37.9 Å². The lowest BCUT2D eigenvalue weighted by Gasteiger charge is -2.26. The second-order valence-electron chi connectivity index (χ2n) is 8.87. The molecule has 186 valence electrons. The summed E-state index contributed by atoms with van der Waals surface area (Å²) in [4.78, 5) is 23.2. The van der Waals surface area contributed by atoms with Gasteiger partial charge in [0.05, 0.1) is 15.2 Å². The largest absolute Gasteiger partial charge is 0.492 e. The van der Waals surface area contributed by atoms with Crippen LogP contribution in [0.4, 0.5) is 0 Å². The van der Waals surface area contributed by atoms with Gasteiger partial charge in [0.1, 0.15) is 29.5 Å². The minimum atomic E-state index is -0.250. The second-order valence-corrected chi connectivity index (χ2v) is 9.99. The van der Waals surface area contributed by atoms with Crippen molar-refractivity contribution in [1.29, 1.82) is 0 Å². The summed E-state index contributed by atoms with van der Waals surface area (Å²) in [6.07, 6.45) is 6.26. The summed E-state index contributed by atoms with van der Waals surface area (Å²) >= 11 is 1.66. The number of carbonyl (C=O) groups excluding carboxylic acids is 1. The number of nitrogens with one attached hydrogen (secondary N) is 1. The third-order valence-electron chi connectivity index (χ3n) is 6.21. The first-order valence-corrected chi connectivity index (χ1v) is 13.2. The first-order valence-electron chi connectivity index (χ1n) is 12.4. The van der Waals surface area contributed by atoms with Crippen molar-refractivity contribution in [3.63, 3.8) is 0 Å². The Morgan fingerprint density at radius 2 is 1.89 bits per heavy atom. The summed E-state index contributed by atoms with van der Waals surface area (Å²) < 4.78 is 13.1. The molecule has 2 aromatic carbocycles. The lowest BCUT2D eigenvalue weighted by Crippen LogP contribution is -2.33. The fourth-order valence-corrected chi connectivity index (χ4v) is 5.38. The van der Waals surface area contributed by atoms with Gasteiger partial charge in [-0.15, -0.1) is 11.3 Å². The van der Waals surface area contributed by atoms with Crippen molar-refractivity contribution in [3.05, 3.63) is 77.1 Å². The fourth-order valence-electron chi connectivity index (χ4n) is 4.35. The van der Waals surface area contributed by atoms with Gasteiger partial charge in [0.2, 0.25) is 0 Å². The number of hydrogen-bond acceptors (Lipinski definition) is 7. The Morgan fingerprint density at radius 1 is 1.03 bits per heavy atom. The molecule has 3 heterocycles. The molecular weight excluding hydrogens is 472 g/mol. The standard InChI is InChI=1S/C28H30N4O3S/c1-29-28(33)25-18-23(10-11-30-25)35-22-8-9-24-26(19-22)36-27(31-24)17-20-6-5-7-21(16-20)34-15-14-32-12-3-2-4-13-32/h5-11,16,18-19H,2-4,12-15,17H2,1H3,(H,29,33). The summed E-state index contributed by atoms with van der Waals surface area (Å²) in [5.41, 5.74) is 2.44. The molecule has 1 fully saturated rings. The van der Waals surface area contributed by atoms with E-state index in [2.05, 4.69) is 27.3 Å². The van der Waals surface area contributed by atoms with Gasteiger partial charge in [0, 0.05) is 38.3 Å². The van der Waals surface area contributed by atoms with E-state index in [-0.39, 0.29) is 5.91 Å². The number of amides is 1. The maximum absolute atomic E-state index is 11.8. The number of carbonyl (C=O) groups is 1. The van der Waals surface area contributed by atoms with Crippen LogP contribution in [0.5, 0.6) is 17.2 Å². The van der Waals surface area contributed by atoms with Crippen LogP contribution in [0.25, 0.3) is 10.2 Å². The van der Waals surface area contributed by atoms with Gasteiger partial charge in [-0.1, -0.05) is 18.6 Å². The minimum absolute atomic E-state index is 0.250. The Hall–Kier alpha value is -3.49. The SMILES string of the molecule is CNC(=O)c1cc(Oc2ccc3nc(Cc4cccc(OCCN5CCCCC5)c4)sc3c2)ccn1. The number of thiazole rings is 1. The van der Waals surface area contributed by atoms with Crippen molar-refractivity contribution in [3.8, 4) is 17.2 Å². The molecule has 1 aliphatic rings. The summed E-state index contributed by atoms with van der Waals surface area (Å²) in [5, 5.41) is 3.61. The van der Waals surface area contributed by atoms with E-state index in [4.69, 9.17) is 14.5 Å². The molecule has 0 spiro atoms. The highest BCUT2D eigenvalue weighted by atomic mass is 32.1. The predicted molar refractivity (Wildman–Crippen MR) is 142 cm³/mol. The molecule has 1 N–H and O–H groups in total. The molecule has 36 heavy (non-hydrogen) atoms. The average Bonchev–Trinajstić information content (AvgIpc) is 3.30. The van der Waals surface area contributed by atoms with Gasteiger partial charge in [-0.3, -0.25) is 14.7 Å². The van der Waals surface area contributed by atoms with Gasteiger partial charge >= 0.3 is 0 Å². The lowest BCUT2D eigenvalue weighted by molar-refractivity contribution is 0.0958. The summed E-state index contributed by atoms with van der Waals surface area (Å²) in [7, 11) is 1.58. The molecule has 1 aliphatic heterocycles. The number of ether oxygens (including phenoxy) is 2. The lowest BCUT2D eigenvalue weighted by atomic mass is 10.1. The average molecular weight is 503 g/mol. The summed E-state index contributed by atoms with van der Waals surface area (Å²) in [6.45, 7) is 4.08. The normalized spacial score (nSPS) is 14.0. The quantitative estimate of drug-likeness (QED) is 0.335. The first-order chi connectivity index (χ1) is 17.7. The van der Waals surface area contributed by atoms with Gasteiger partial charge in [0.15, 0.2) is 0 Å². The van der Waals surface area contributed by atoms with Crippen LogP contribution in [-0.2, 0) is 6.42 Å². The second kappa shape index (κ2) is 11.5. The van der Waals surface area contributed by atoms with E-state index in [9.17, 15) is 4.79 Å². The predicted octanol–water partition coefficient (Wildman–Crippen LogP) is 5.30. The topological polar surface area (TPSA) is 76.6 Å². The number of nitrogens with zero attached hydrogens (tertiary/aromatic N) is 3. The molecule has 2 aromatic heterocycles. The summed E-state index contributed by atoms with van der Waals surface area (Å²) in [6, 6.07) is 17.5. The van der Waals surface area contributed by atoms with Crippen molar-refractivity contribution in [1.82, 2.24) is 20.2 Å². The highest BCUT2D eigenvalue weighted by molar-refractivity contribution is 7.18. The monoisotopic (exact) mass is 502 g/mol. The highest BCUT2D eigenvalue weighted by Crippen LogP contribution is 2.30. The Labute approximate surface area is 215 Å². The molecular formula is C28H30N4O3S. The third-order valence-corrected chi connectivity index (χ3v) is 7.23. The van der Waals surface area contributed by atoms with Gasteiger partial charge < -0.3 is 14.8 Å². The van der Waals surface area contributed by atoms with Crippen LogP contribution in [0.3, 0.4) is 0 Å². The van der Waals surface area contributed by atoms with E-state index in [1.807, 2.05) is 30.3 Å². The van der Waals surface area contributed by atoms with Crippen LogP contribution in [0.2, 0.25) is 0 Å². The number of aromatic nitrogens is 2. The number of pyridine rings is 1. The minimum Gasteiger partial charge on any atom is -0.492 e. The number of likely N-dealkylation sites (tertiary alicyclic amines) is 1. The maximum atomic E-state index is 11.8. The van der Waals surface area contributed by atoms with Gasteiger partial charge in [0.25, 0.3) is 5.91 Å². The Bertz CT molecular complexity index is 1330. The number of piperidine rings is 1. The summed E-state index contributed by atoms with van der Waals surface area (Å²) in [5.74, 6) is 1.91. The van der Waals surface area contributed by atoms with Gasteiger partial charge in [-0.25, -0.2) is 4.98 Å². The molecule has 0 atom stereocenters. The van der Waals surface area contributed by atoms with E-state index < -0.39 is 0 Å². The van der Waals surface area contributed by atoms with Crippen LogP contribution in [-0.4, -0.2) is 54.1 Å². The number of benzene rings is 2. The van der Waals surface area contributed by atoms with Crippen LogP contribution in [0, 0.1) is 0 Å². The van der Waals surface area contributed by atoms with Crippen LogP contribution < -0.4 is 14.8 Å². The molecule has 0 saturated carbocycles. The van der Waals surface area contributed by atoms with Crippen molar-refractivity contribution in [2.45, 2.75) is 25.7 Å². The zero-order valence-corrected chi connectivity index (χ0v) is 21.2. The Morgan fingerprint density at radius 3 is 2.75 bits per heavy atom. The van der Waals surface area contributed by atoms with Crippen LogP contribution in [0.15, 0.2) is 60.8 Å².